The Kier molecular flexibility index (Phi) is 4.51. The molecule has 1 aromatic rings. The summed E-state index contributed by atoms with van der Waals surface area (Å²) in [5, 5.41) is 0. The van der Waals surface area contributed by atoms with Crippen molar-refractivity contribution in [2.45, 2.75) is 32.6 Å². The Morgan fingerprint density at radius 2 is 2.33 bits per heavy atom. The maximum atomic E-state index is 11.7. The third kappa shape index (κ3) is 3.99. The molecule has 0 unspecified atom stereocenters. The Morgan fingerprint density at radius 1 is 1.44 bits per heavy atom. The summed E-state index contributed by atoms with van der Waals surface area (Å²) in [4.78, 5) is 15.8. The van der Waals surface area contributed by atoms with Crippen LogP contribution in [0.2, 0.25) is 0 Å². The Bertz CT molecular complexity index is 423. The van der Waals surface area contributed by atoms with Gasteiger partial charge < -0.3 is 4.74 Å². The van der Waals surface area contributed by atoms with Crippen LogP contribution in [0.4, 0.5) is 0 Å². The van der Waals surface area contributed by atoms with Gasteiger partial charge in [0.2, 0.25) is 0 Å². The number of allylic oxidation sites excluding steroid dienone is 2. The van der Waals surface area contributed by atoms with Crippen LogP contribution in [0.5, 0.6) is 0 Å². The standard InChI is InChI=1S/C15H19NO2/c1-12-7-8-14(10-16-12)9-15(17)18-11-13-5-3-2-4-6-13/h2-3,7-8,10,13H,4-6,9,11H2,1H3/t13-/m0/s1. The van der Waals surface area contributed by atoms with Crippen LogP contribution in [0, 0.1) is 12.8 Å². The van der Waals surface area contributed by atoms with Gasteiger partial charge in [-0.15, -0.1) is 0 Å². The van der Waals surface area contributed by atoms with E-state index < -0.39 is 0 Å². The van der Waals surface area contributed by atoms with Crippen molar-refractivity contribution in [1.29, 1.82) is 0 Å². The zero-order chi connectivity index (χ0) is 12.8. The van der Waals surface area contributed by atoms with Crippen LogP contribution in [0.1, 0.15) is 30.5 Å². The molecule has 0 saturated heterocycles. The average molecular weight is 245 g/mol. The van der Waals surface area contributed by atoms with Crippen molar-refractivity contribution in [2.24, 2.45) is 5.92 Å². The number of rotatable bonds is 4. The lowest BCUT2D eigenvalue weighted by Gasteiger charge is -2.17. The highest BCUT2D eigenvalue weighted by molar-refractivity contribution is 5.72. The highest BCUT2D eigenvalue weighted by Crippen LogP contribution is 2.18. The van der Waals surface area contributed by atoms with Crippen molar-refractivity contribution < 1.29 is 9.53 Å². The molecule has 1 aromatic heterocycles. The van der Waals surface area contributed by atoms with Crippen molar-refractivity contribution in [2.75, 3.05) is 6.61 Å². The van der Waals surface area contributed by atoms with E-state index in [0.717, 1.165) is 30.5 Å². The lowest BCUT2D eigenvalue weighted by molar-refractivity contribution is -0.144. The Morgan fingerprint density at radius 3 is 3.00 bits per heavy atom. The number of hydrogen-bond donors (Lipinski definition) is 0. The van der Waals surface area contributed by atoms with Crippen LogP contribution in [-0.2, 0) is 16.0 Å². The summed E-state index contributed by atoms with van der Waals surface area (Å²) < 4.78 is 5.32. The molecule has 3 nitrogen and oxygen atoms in total. The van der Waals surface area contributed by atoms with E-state index in [-0.39, 0.29) is 5.97 Å². The van der Waals surface area contributed by atoms with Gasteiger partial charge in [0, 0.05) is 11.9 Å². The predicted octanol–water partition coefficient (Wildman–Crippen LogP) is 2.83. The molecule has 0 amide bonds. The van der Waals surface area contributed by atoms with E-state index in [1.807, 2.05) is 19.1 Å². The highest BCUT2D eigenvalue weighted by Gasteiger charge is 2.13. The summed E-state index contributed by atoms with van der Waals surface area (Å²) in [7, 11) is 0. The van der Waals surface area contributed by atoms with E-state index in [9.17, 15) is 4.79 Å². The van der Waals surface area contributed by atoms with Gasteiger partial charge in [-0.3, -0.25) is 9.78 Å². The van der Waals surface area contributed by atoms with Crippen LogP contribution in [0.25, 0.3) is 0 Å². The zero-order valence-corrected chi connectivity index (χ0v) is 10.8. The van der Waals surface area contributed by atoms with Crippen LogP contribution >= 0.6 is 0 Å². The molecule has 0 spiro atoms. The number of aryl methyl sites for hydroxylation is 1. The minimum atomic E-state index is -0.157. The second kappa shape index (κ2) is 6.34. The van der Waals surface area contributed by atoms with Crippen LogP contribution in [0.3, 0.4) is 0 Å². The normalized spacial score (nSPS) is 18.6. The topological polar surface area (TPSA) is 39.2 Å². The second-order valence-electron chi connectivity index (χ2n) is 4.82. The molecule has 0 radical (unpaired) electrons. The number of nitrogens with zero attached hydrogens (tertiary/aromatic N) is 1. The molecule has 1 aliphatic rings. The van der Waals surface area contributed by atoms with E-state index in [1.165, 1.54) is 0 Å². The minimum absolute atomic E-state index is 0.157. The molecule has 0 fully saturated rings. The van der Waals surface area contributed by atoms with Gasteiger partial charge in [-0.2, -0.15) is 0 Å². The molecular formula is C15H19NO2. The lowest BCUT2D eigenvalue weighted by Crippen LogP contribution is -2.16. The monoisotopic (exact) mass is 245 g/mol. The van der Waals surface area contributed by atoms with Gasteiger partial charge in [-0.05, 0) is 43.7 Å². The number of aromatic nitrogens is 1. The van der Waals surface area contributed by atoms with Crippen LogP contribution in [0.15, 0.2) is 30.5 Å². The molecule has 0 saturated carbocycles. The van der Waals surface area contributed by atoms with Crippen molar-refractivity contribution >= 4 is 5.97 Å². The minimum Gasteiger partial charge on any atom is -0.465 e. The van der Waals surface area contributed by atoms with E-state index in [2.05, 4.69) is 17.1 Å². The molecular weight excluding hydrogens is 226 g/mol. The maximum absolute atomic E-state index is 11.7. The molecule has 1 atom stereocenters. The summed E-state index contributed by atoms with van der Waals surface area (Å²) in [6, 6.07) is 3.83. The molecule has 1 aliphatic carbocycles. The number of carbonyl (C=O) groups excluding carboxylic acids is 1. The molecule has 0 aliphatic heterocycles. The first-order valence-electron chi connectivity index (χ1n) is 6.46. The molecule has 96 valence electrons. The average Bonchev–Trinajstić information content (AvgIpc) is 2.40. The summed E-state index contributed by atoms with van der Waals surface area (Å²) in [6.07, 6.45) is 9.66. The van der Waals surface area contributed by atoms with Gasteiger partial charge in [0.15, 0.2) is 0 Å². The molecule has 2 rings (SSSR count). The number of carbonyl (C=O) groups is 1. The maximum Gasteiger partial charge on any atom is 0.310 e. The molecule has 1 heterocycles. The van der Waals surface area contributed by atoms with Crippen LogP contribution < -0.4 is 0 Å². The number of ether oxygens (including phenoxy) is 1. The fourth-order valence-electron chi connectivity index (χ4n) is 2.04. The number of hydrogen-bond acceptors (Lipinski definition) is 3. The van der Waals surface area contributed by atoms with Gasteiger partial charge in [0.25, 0.3) is 0 Å². The number of pyridine rings is 1. The Balaban J connectivity index is 1.74. The number of esters is 1. The smallest absolute Gasteiger partial charge is 0.310 e. The highest BCUT2D eigenvalue weighted by atomic mass is 16.5. The van der Waals surface area contributed by atoms with Crippen molar-refractivity contribution in [3.05, 3.63) is 41.7 Å². The zero-order valence-electron chi connectivity index (χ0n) is 10.8. The van der Waals surface area contributed by atoms with Gasteiger partial charge in [0.1, 0.15) is 0 Å². The predicted molar refractivity (Wildman–Crippen MR) is 70.1 cm³/mol. The summed E-state index contributed by atoms with van der Waals surface area (Å²) in [5.41, 5.74) is 1.87. The fraction of sp³-hybridized carbons (Fsp3) is 0.467. The van der Waals surface area contributed by atoms with Gasteiger partial charge in [-0.1, -0.05) is 18.2 Å². The second-order valence-corrected chi connectivity index (χ2v) is 4.82. The first-order valence-corrected chi connectivity index (χ1v) is 6.46. The fourth-order valence-corrected chi connectivity index (χ4v) is 2.04. The van der Waals surface area contributed by atoms with E-state index in [1.54, 1.807) is 6.20 Å². The van der Waals surface area contributed by atoms with Gasteiger partial charge in [-0.25, -0.2) is 0 Å². The molecule has 3 heteroatoms. The Labute approximate surface area is 108 Å². The quantitative estimate of drug-likeness (QED) is 0.605. The van der Waals surface area contributed by atoms with E-state index in [0.29, 0.717) is 18.9 Å². The largest absolute Gasteiger partial charge is 0.465 e. The first kappa shape index (κ1) is 12.8. The van der Waals surface area contributed by atoms with Gasteiger partial charge >= 0.3 is 5.97 Å². The summed E-state index contributed by atoms with van der Waals surface area (Å²) in [5.74, 6) is 0.338. The van der Waals surface area contributed by atoms with Crippen molar-refractivity contribution in [3.8, 4) is 0 Å². The third-order valence-electron chi connectivity index (χ3n) is 3.18. The van der Waals surface area contributed by atoms with Crippen LogP contribution in [-0.4, -0.2) is 17.6 Å². The lowest BCUT2D eigenvalue weighted by atomic mass is 9.95. The summed E-state index contributed by atoms with van der Waals surface area (Å²) >= 11 is 0. The molecule has 0 bridgehead atoms. The molecule has 0 N–H and O–H groups in total. The molecule has 18 heavy (non-hydrogen) atoms. The van der Waals surface area contributed by atoms with Gasteiger partial charge in [0.05, 0.1) is 13.0 Å². The van der Waals surface area contributed by atoms with Crippen molar-refractivity contribution in [1.82, 2.24) is 4.98 Å². The van der Waals surface area contributed by atoms with E-state index in [4.69, 9.17) is 4.74 Å². The SMILES string of the molecule is Cc1ccc(CC(=O)OC[C@H]2CC=CCC2)cn1. The molecule has 0 aromatic carbocycles. The Hall–Kier alpha value is -1.64. The van der Waals surface area contributed by atoms with Crippen molar-refractivity contribution in [3.63, 3.8) is 0 Å². The summed E-state index contributed by atoms with van der Waals surface area (Å²) in [6.45, 7) is 2.47. The third-order valence-corrected chi connectivity index (χ3v) is 3.18. The first-order chi connectivity index (χ1) is 8.74. The van der Waals surface area contributed by atoms with E-state index >= 15 is 0 Å².